The molecule has 3 rings (SSSR count). The molecule has 0 aliphatic carbocycles. The molecule has 0 unspecified atom stereocenters. The molecule has 0 amide bonds. The third-order valence-electron chi connectivity index (χ3n) is 3.06. The minimum absolute atomic E-state index is 0.269. The number of aromatic nitrogens is 2. The Hall–Kier alpha value is -2.21. The Balaban J connectivity index is 1.70. The molecule has 0 saturated carbocycles. The maximum Gasteiger partial charge on any atom is 0.231 e. The fourth-order valence-corrected chi connectivity index (χ4v) is 2.11. The lowest BCUT2D eigenvalue weighted by atomic mass is 10.1. The van der Waals surface area contributed by atoms with Crippen molar-refractivity contribution in [3.8, 4) is 17.2 Å². The van der Waals surface area contributed by atoms with E-state index in [-0.39, 0.29) is 6.79 Å². The number of benzene rings is 1. The van der Waals surface area contributed by atoms with E-state index in [1.807, 2.05) is 36.1 Å². The highest BCUT2D eigenvalue weighted by molar-refractivity contribution is 5.51. The van der Waals surface area contributed by atoms with Crippen molar-refractivity contribution in [3.63, 3.8) is 0 Å². The number of hydrogen-bond acceptors (Lipinski definition) is 5. The molecule has 1 aromatic heterocycles. The van der Waals surface area contributed by atoms with Gasteiger partial charge in [0.05, 0.1) is 6.54 Å². The van der Waals surface area contributed by atoms with Gasteiger partial charge in [0.15, 0.2) is 11.5 Å². The average molecular weight is 275 g/mol. The molecule has 6 nitrogen and oxygen atoms in total. The van der Waals surface area contributed by atoms with Gasteiger partial charge in [-0.25, -0.2) is 0 Å². The van der Waals surface area contributed by atoms with Crippen molar-refractivity contribution >= 4 is 0 Å². The van der Waals surface area contributed by atoms with Crippen LogP contribution in [-0.2, 0) is 13.1 Å². The average Bonchev–Trinajstić information content (AvgIpc) is 3.10. The molecule has 20 heavy (non-hydrogen) atoms. The van der Waals surface area contributed by atoms with Crippen molar-refractivity contribution in [2.45, 2.75) is 13.1 Å². The molecule has 0 bridgehead atoms. The number of nitrogens with one attached hydrogen (secondary N) is 1. The van der Waals surface area contributed by atoms with Crippen LogP contribution in [0.25, 0.3) is 0 Å². The van der Waals surface area contributed by atoms with Gasteiger partial charge in [0, 0.05) is 30.6 Å². The van der Waals surface area contributed by atoms with Gasteiger partial charge in [-0.1, -0.05) is 0 Å². The fraction of sp³-hybridized carbons (Fsp3) is 0.357. The number of ether oxygens (including phenoxy) is 3. The fourth-order valence-electron chi connectivity index (χ4n) is 2.11. The second-order valence-corrected chi connectivity index (χ2v) is 4.46. The number of rotatable bonds is 6. The van der Waals surface area contributed by atoms with Crippen molar-refractivity contribution in [1.82, 2.24) is 15.1 Å². The molecule has 1 aliphatic rings. The molecule has 0 atom stereocenters. The monoisotopic (exact) mass is 275 g/mol. The summed E-state index contributed by atoms with van der Waals surface area (Å²) in [6.07, 6.45) is 3.67. The van der Waals surface area contributed by atoms with Gasteiger partial charge >= 0.3 is 0 Å². The van der Waals surface area contributed by atoms with Crippen LogP contribution in [0.1, 0.15) is 5.56 Å². The van der Waals surface area contributed by atoms with Gasteiger partial charge < -0.3 is 19.5 Å². The number of nitrogens with zero attached hydrogens (tertiary/aromatic N) is 2. The van der Waals surface area contributed by atoms with E-state index in [1.54, 1.807) is 6.20 Å². The highest BCUT2D eigenvalue weighted by Gasteiger charge is 2.17. The highest BCUT2D eigenvalue weighted by atomic mass is 16.7. The van der Waals surface area contributed by atoms with Crippen molar-refractivity contribution in [2.24, 2.45) is 0 Å². The highest BCUT2D eigenvalue weighted by Crippen LogP contribution is 2.38. The Morgan fingerprint density at radius 1 is 1.35 bits per heavy atom. The van der Waals surface area contributed by atoms with E-state index in [0.717, 1.165) is 22.8 Å². The summed E-state index contributed by atoms with van der Waals surface area (Å²) in [5.41, 5.74) is 1.05. The van der Waals surface area contributed by atoms with Crippen molar-refractivity contribution in [1.29, 1.82) is 0 Å². The molecule has 1 aliphatic heterocycles. The zero-order valence-electron chi connectivity index (χ0n) is 11.3. The summed E-state index contributed by atoms with van der Waals surface area (Å²) in [7, 11) is 1.90. The van der Waals surface area contributed by atoms with Gasteiger partial charge in [-0.2, -0.15) is 5.10 Å². The van der Waals surface area contributed by atoms with Gasteiger partial charge in [-0.3, -0.25) is 4.68 Å². The summed E-state index contributed by atoms with van der Waals surface area (Å²) in [5, 5.41) is 7.27. The third-order valence-corrected chi connectivity index (χ3v) is 3.06. The van der Waals surface area contributed by atoms with Crippen LogP contribution in [0, 0.1) is 0 Å². The normalized spacial score (nSPS) is 12.7. The van der Waals surface area contributed by atoms with Gasteiger partial charge in [-0.05, 0) is 19.2 Å². The first-order valence-electron chi connectivity index (χ1n) is 6.54. The molecule has 0 radical (unpaired) electrons. The molecular weight excluding hydrogens is 258 g/mol. The van der Waals surface area contributed by atoms with Crippen LogP contribution in [0.5, 0.6) is 17.2 Å². The second kappa shape index (κ2) is 5.83. The Labute approximate surface area is 117 Å². The van der Waals surface area contributed by atoms with Crippen LogP contribution in [0.2, 0.25) is 0 Å². The summed E-state index contributed by atoms with van der Waals surface area (Å²) in [5.74, 6) is 2.32. The lowest BCUT2D eigenvalue weighted by molar-refractivity contribution is 0.173. The van der Waals surface area contributed by atoms with Gasteiger partial charge in [0.1, 0.15) is 12.4 Å². The molecule has 106 valence electrons. The molecule has 2 aromatic rings. The lowest BCUT2D eigenvalue weighted by Gasteiger charge is -2.12. The van der Waals surface area contributed by atoms with E-state index in [0.29, 0.717) is 19.7 Å². The SMILES string of the molecule is CNCc1cc2c(cc1OCCn1cccn1)OCO2. The van der Waals surface area contributed by atoms with Crippen LogP contribution in [-0.4, -0.2) is 30.2 Å². The summed E-state index contributed by atoms with van der Waals surface area (Å²) in [4.78, 5) is 0. The molecule has 1 N–H and O–H groups in total. The Bertz CT molecular complexity index is 569. The molecule has 2 heterocycles. The summed E-state index contributed by atoms with van der Waals surface area (Å²) in [6.45, 7) is 2.25. The molecule has 0 spiro atoms. The van der Waals surface area contributed by atoms with Crippen LogP contribution >= 0.6 is 0 Å². The second-order valence-electron chi connectivity index (χ2n) is 4.46. The van der Waals surface area contributed by atoms with Gasteiger partial charge in [0.2, 0.25) is 6.79 Å². The zero-order valence-corrected chi connectivity index (χ0v) is 11.3. The first-order valence-corrected chi connectivity index (χ1v) is 6.54. The molecular formula is C14H17N3O3. The van der Waals surface area contributed by atoms with E-state index in [2.05, 4.69) is 10.4 Å². The van der Waals surface area contributed by atoms with Crippen LogP contribution in [0.3, 0.4) is 0 Å². The maximum absolute atomic E-state index is 5.85. The standard InChI is InChI=1S/C14H17N3O3/c1-15-9-11-7-13-14(20-10-19-13)8-12(11)18-6-5-17-4-2-3-16-17/h2-4,7-8,15H,5-6,9-10H2,1H3. The van der Waals surface area contributed by atoms with E-state index < -0.39 is 0 Å². The molecule has 6 heteroatoms. The minimum atomic E-state index is 0.269. The number of hydrogen-bond donors (Lipinski definition) is 1. The predicted molar refractivity (Wildman–Crippen MR) is 73.1 cm³/mol. The minimum Gasteiger partial charge on any atom is -0.491 e. The molecule has 0 saturated heterocycles. The van der Waals surface area contributed by atoms with E-state index in [9.17, 15) is 0 Å². The van der Waals surface area contributed by atoms with Crippen molar-refractivity contribution < 1.29 is 14.2 Å². The Morgan fingerprint density at radius 2 is 2.20 bits per heavy atom. The van der Waals surface area contributed by atoms with E-state index >= 15 is 0 Å². The maximum atomic E-state index is 5.85. The number of fused-ring (bicyclic) bond motifs is 1. The van der Waals surface area contributed by atoms with Crippen LogP contribution in [0.15, 0.2) is 30.6 Å². The summed E-state index contributed by atoms with van der Waals surface area (Å²) < 4.78 is 18.5. The summed E-state index contributed by atoms with van der Waals surface area (Å²) >= 11 is 0. The largest absolute Gasteiger partial charge is 0.491 e. The quantitative estimate of drug-likeness (QED) is 0.864. The Morgan fingerprint density at radius 3 is 2.95 bits per heavy atom. The van der Waals surface area contributed by atoms with E-state index in [1.165, 1.54) is 0 Å². The Kier molecular flexibility index (Phi) is 3.73. The van der Waals surface area contributed by atoms with Crippen LogP contribution in [0.4, 0.5) is 0 Å². The van der Waals surface area contributed by atoms with Crippen molar-refractivity contribution in [2.75, 3.05) is 20.4 Å². The van der Waals surface area contributed by atoms with E-state index in [4.69, 9.17) is 14.2 Å². The summed E-state index contributed by atoms with van der Waals surface area (Å²) in [6, 6.07) is 5.74. The first-order chi connectivity index (χ1) is 9.86. The lowest BCUT2D eigenvalue weighted by Crippen LogP contribution is -2.11. The third kappa shape index (κ3) is 2.70. The van der Waals surface area contributed by atoms with Crippen molar-refractivity contribution in [3.05, 3.63) is 36.2 Å². The van der Waals surface area contributed by atoms with Crippen LogP contribution < -0.4 is 19.5 Å². The van der Waals surface area contributed by atoms with Gasteiger partial charge in [0.25, 0.3) is 0 Å². The smallest absolute Gasteiger partial charge is 0.231 e. The molecule has 1 aromatic carbocycles. The van der Waals surface area contributed by atoms with Gasteiger partial charge in [-0.15, -0.1) is 0 Å². The zero-order chi connectivity index (χ0) is 13.8. The topological polar surface area (TPSA) is 57.5 Å². The first kappa shape index (κ1) is 12.8. The predicted octanol–water partition coefficient (Wildman–Crippen LogP) is 1.41. The molecule has 0 fully saturated rings.